The number of hydrogen-bond acceptors (Lipinski definition) is 6. The van der Waals surface area contributed by atoms with Crippen LogP contribution in [0.15, 0.2) is 9.59 Å². The Hall–Kier alpha value is -1.64. The van der Waals surface area contributed by atoms with Gasteiger partial charge >= 0.3 is 5.69 Å². The van der Waals surface area contributed by atoms with Crippen LogP contribution in [-0.2, 0) is 13.1 Å². The maximum absolute atomic E-state index is 12.0. The molecule has 1 heterocycles. The minimum Gasteiger partial charge on any atom is -0.484 e. The van der Waals surface area contributed by atoms with Gasteiger partial charge in [-0.3, -0.25) is 13.9 Å². The molecule has 1 rings (SSSR count). The van der Waals surface area contributed by atoms with Crippen LogP contribution < -0.4 is 16.0 Å². The van der Waals surface area contributed by atoms with Crippen LogP contribution in [-0.4, -0.2) is 50.9 Å². The second kappa shape index (κ2) is 7.07. The fraction of sp³-hybridized carbons (Fsp3) is 0.636. The molecule has 0 aliphatic heterocycles. The highest BCUT2D eigenvalue weighted by Gasteiger charge is 2.16. The van der Waals surface area contributed by atoms with Gasteiger partial charge in [0, 0.05) is 0 Å². The number of aliphatic hydroxyl groups excluding tert-OH is 3. The van der Waals surface area contributed by atoms with Crippen LogP contribution in [0.3, 0.4) is 0 Å². The number of hydrogen-bond donors (Lipinski definition) is 3. The van der Waals surface area contributed by atoms with Crippen LogP contribution in [0.4, 0.5) is 0 Å². The number of ether oxygens (including phenoxy) is 1. The van der Waals surface area contributed by atoms with E-state index in [4.69, 9.17) is 20.1 Å². The van der Waals surface area contributed by atoms with Gasteiger partial charge < -0.3 is 20.1 Å². The Morgan fingerprint density at radius 2 is 1.58 bits per heavy atom. The van der Waals surface area contributed by atoms with Gasteiger partial charge in [-0.2, -0.15) is 0 Å². The second-order valence-corrected chi connectivity index (χ2v) is 3.82. The van der Waals surface area contributed by atoms with Gasteiger partial charge in [0.1, 0.15) is 6.61 Å². The fourth-order valence-electron chi connectivity index (χ4n) is 1.75. The lowest BCUT2D eigenvalue weighted by molar-refractivity contribution is 0.193. The van der Waals surface area contributed by atoms with Crippen molar-refractivity contribution in [3.8, 4) is 5.75 Å². The molecule has 108 valence electrons. The lowest BCUT2D eigenvalue weighted by Crippen LogP contribution is -2.43. The van der Waals surface area contributed by atoms with E-state index in [0.717, 1.165) is 4.57 Å². The van der Waals surface area contributed by atoms with Crippen molar-refractivity contribution >= 4 is 0 Å². The van der Waals surface area contributed by atoms with Gasteiger partial charge in [-0.05, 0) is 6.92 Å². The molecule has 19 heavy (non-hydrogen) atoms. The molecule has 0 aliphatic carbocycles. The molecule has 0 radical (unpaired) electrons. The van der Waals surface area contributed by atoms with Crippen LogP contribution in [0.2, 0.25) is 0 Å². The smallest absolute Gasteiger partial charge is 0.331 e. The van der Waals surface area contributed by atoms with Crippen molar-refractivity contribution in [2.24, 2.45) is 0 Å². The quantitative estimate of drug-likeness (QED) is 0.514. The summed E-state index contributed by atoms with van der Waals surface area (Å²) in [6.45, 7) is 0.415. The lowest BCUT2D eigenvalue weighted by atomic mass is 10.3. The first-order valence-corrected chi connectivity index (χ1v) is 5.88. The Bertz CT molecular complexity index is 533. The van der Waals surface area contributed by atoms with Crippen molar-refractivity contribution in [1.82, 2.24) is 9.13 Å². The van der Waals surface area contributed by atoms with Crippen molar-refractivity contribution in [1.29, 1.82) is 0 Å². The standard InChI is InChI=1S/C11H18N2O6/c1-8-9(19-7-6-16)10(17)13(3-5-15)11(18)12(8)2-4-14/h14-16H,2-7H2,1H3. The summed E-state index contributed by atoms with van der Waals surface area (Å²) in [6, 6.07) is 0. The summed E-state index contributed by atoms with van der Waals surface area (Å²) in [4.78, 5) is 24.0. The van der Waals surface area contributed by atoms with E-state index in [1.165, 1.54) is 11.5 Å². The van der Waals surface area contributed by atoms with Crippen LogP contribution >= 0.6 is 0 Å². The zero-order valence-electron chi connectivity index (χ0n) is 10.7. The molecule has 0 spiro atoms. The molecule has 0 fully saturated rings. The summed E-state index contributed by atoms with van der Waals surface area (Å²) in [5.74, 6) is -0.0597. The molecule has 8 nitrogen and oxygen atoms in total. The van der Waals surface area contributed by atoms with Crippen molar-refractivity contribution in [2.45, 2.75) is 20.0 Å². The highest BCUT2D eigenvalue weighted by Crippen LogP contribution is 2.09. The van der Waals surface area contributed by atoms with Crippen molar-refractivity contribution in [3.63, 3.8) is 0 Å². The van der Waals surface area contributed by atoms with Crippen LogP contribution in [0.25, 0.3) is 0 Å². The summed E-state index contributed by atoms with van der Waals surface area (Å²) in [7, 11) is 0. The summed E-state index contributed by atoms with van der Waals surface area (Å²) in [5.41, 5.74) is -0.979. The fourth-order valence-corrected chi connectivity index (χ4v) is 1.75. The molecule has 0 aromatic carbocycles. The Morgan fingerprint density at radius 1 is 1.00 bits per heavy atom. The molecular formula is C11H18N2O6. The average Bonchev–Trinajstić information content (AvgIpc) is 2.40. The third-order valence-corrected chi connectivity index (χ3v) is 2.62. The van der Waals surface area contributed by atoms with Gasteiger partial charge in [0.2, 0.25) is 5.75 Å². The van der Waals surface area contributed by atoms with Gasteiger partial charge in [0.15, 0.2) is 0 Å². The predicted molar refractivity (Wildman–Crippen MR) is 66.5 cm³/mol. The van der Waals surface area contributed by atoms with E-state index in [0.29, 0.717) is 0 Å². The molecule has 1 aromatic rings. The first kappa shape index (κ1) is 15.4. The topological polar surface area (TPSA) is 114 Å². The van der Waals surface area contributed by atoms with Crippen molar-refractivity contribution < 1.29 is 20.1 Å². The van der Waals surface area contributed by atoms with Crippen LogP contribution in [0.1, 0.15) is 5.69 Å². The average molecular weight is 274 g/mol. The van der Waals surface area contributed by atoms with Gasteiger partial charge in [-0.1, -0.05) is 0 Å². The number of aliphatic hydroxyl groups is 3. The van der Waals surface area contributed by atoms with Crippen LogP contribution in [0, 0.1) is 6.92 Å². The summed E-state index contributed by atoms with van der Waals surface area (Å²) < 4.78 is 7.18. The minimum atomic E-state index is -0.654. The maximum Gasteiger partial charge on any atom is 0.331 e. The molecule has 0 atom stereocenters. The van der Waals surface area contributed by atoms with Crippen LogP contribution in [0.5, 0.6) is 5.75 Å². The normalized spacial score (nSPS) is 10.7. The van der Waals surface area contributed by atoms with E-state index in [-0.39, 0.29) is 51.0 Å². The predicted octanol–water partition coefficient (Wildman–Crippen LogP) is -2.33. The molecule has 0 saturated carbocycles. The highest BCUT2D eigenvalue weighted by atomic mass is 16.5. The van der Waals surface area contributed by atoms with Crippen molar-refractivity contribution in [3.05, 3.63) is 26.5 Å². The second-order valence-electron chi connectivity index (χ2n) is 3.82. The summed E-state index contributed by atoms with van der Waals surface area (Å²) >= 11 is 0. The molecule has 0 bridgehead atoms. The van der Waals surface area contributed by atoms with Gasteiger partial charge in [-0.25, -0.2) is 4.79 Å². The third kappa shape index (κ3) is 3.22. The van der Waals surface area contributed by atoms with Gasteiger partial charge in [0.05, 0.1) is 38.6 Å². The zero-order chi connectivity index (χ0) is 14.4. The molecule has 1 aromatic heterocycles. The third-order valence-electron chi connectivity index (χ3n) is 2.62. The Labute approximate surface area is 109 Å². The zero-order valence-corrected chi connectivity index (χ0v) is 10.7. The molecule has 0 amide bonds. The van der Waals surface area contributed by atoms with E-state index in [1.54, 1.807) is 0 Å². The SMILES string of the molecule is Cc1c(OCCO)c(=O)n(CCO)c(=O)n1CCO. The number of nitrogens with zero attached hydrogens (tertiary/aromatic N) is 2. The van der Waals surface area contributed by atoms with Crippen molar-refractivity contribution in [2.75, 3.05) is 26.4 Å². The van der Waals surface area contributed by atoms with Gasteiger partial charge in [0.25, 0.3) is 5.56 Å². The lowest BCUT2D eigenvalue weighted by Gasteiger charge is -2.16. The molecule has 0 aliphatic rings. The van der Waals surface area contributed by atoms with E-state index in [2.05, 4.69) is 0 Å². The molecule has 8 heteroatoms. The number of aromatic nitrogens is 2. The number of rotatable bonds is 7. The molecular weight excluding hydrogens is 256 g/mol. The first-order chi connectivity index (χ1) is 9.08. The Kier molecular flexibility index (Phi) is 5.74. The van der Waals surface area contributed by atoms with Gasteiger partial charge in [-0.15, -0.1) is 0 Å². The Morgan fingerprint density at radius 3 is 2.11 bits per heavy atom. The van der Waals surface area contributed by atoms with E-state index in [1.807, 2.05) is 0 Å². The maximum atomic E-state index is 12.0. The van der Waals surface area contributed by atoms with E-state index in [9.17, 15) is 9.59 Å². The minimum absolute atomic E-state index is 0.0197. The molecule has 0 unspecified atom stereocenters. The van der Waals surface area contributed by atoms with E-state index < -0.39 is 11.2 Å². The highest BCUT2D eigenvalue weighted by molar-refractivity contribution is 5.24. The van der Waals surface area contributed by atoms with E-state index >= 15 is 0 Å². The molecule has 0 saturated heterocycles. The monoisotopic (exact) mass is 274 g/mol. The summed E-state index contributed by atoms with van der Waals surface area (Å²) in [6.07, 6.45) is 0. The summed E-state index contributed by atoms with van der Waals surface area (Å²) in [5, 5.41) is 26.6. The molecule has 3 N–H and O–H groups in total. The largest absolute Gasteiger partial charge is 0.484 e. The Balaban J connectivity index is 3.45. The first-order valence-electron chi connectivity index (χ1n) is 5.88.